The number of nitrogens with one attached hydrogen (secondary N) is 1. The molecule has 0 atom stereocenters. The second kappa shape index (κ2) is 6.95. The molecule has 0 aliphatic carbocycles. The van der Waals surface area contributed by atoms with E-state index in [0.29, 0.717) is 11.4 Å². The molecule has 128 valence electrons. The average Bonchev–Trinajstić information content (AvgIpc) is 3.02. The van der Waals surface area contributed by atoms with Crippen molar-refractivity contribution in [2.45, 2.75) is 11.3 Å². The fourth-order valence-corrected chi connectivity index (χ4v) is 4.32. The number of nitro groups is 1. The first-order valence-corrected chi connectivity index (χ1v) is 9.38. The summed E-state index contributed by atoms with van der Waals surface area (Å²) in [6.07, 6.45) is 0.520. The van der Waals surface area contributed by atoms with Crippen molar-refractivity contribution in [2.24, 2.45) is 0 Å². The molecule has 0 amide bonds. The number of nitrogens with zero attached hydrogens (tertiary/aromatic N) is 3. The molecule has 8 nitrogen and oxygen atoms in total. The lowest BCUT2D eigenvalue weighted by Gasteiger charge is -2.04. The molecule has 1 heterocycles. The van der Waals surface area contributed by atoms with Crippen LogP contribution in [0.3, 0.4) is 0 Å². The maximum atomic E-state index is 12.4. The summed E-state index contributed by atoms with van der Waals surface area (Å²) in [5, 5.41) is 19.5. The lowest BCUT2D eigenvalue weighted by Crippen LogP contribution is -2.14. The number of hydrogen-bond acceptors (Lipinski definition) is 7. The number of nitro benzene ring substituents is 1. The third-order valence-corrected chi connectivity index (χ3v) is 5.59. The SMILES string of the molecule is O=[N+]([O-])c1ccccc1S(=O)(=O)Nc1nnc(Cc2ccccc2)s1. The van der Waals surface area contributed by atoms with E-state index < -0.39 is 25.5 Å². The second-order valence-electron chi connectivity index (χ2n) is 4.99. The van der Waals surface area contributed by atoms with Gasteiger partial charge in [0.1, 0.15) is 5.01 Å². The van der Waals surface area contributed by atoms with Gasteiger partial charge in [-0.05, 0) is 11.6 Å². The quantitative estimate of drug-likeness (QED) is 0.522. The predicted octanol–water partition coefficient (Wildman–Crippen LogP) is 2.84. The highest BCUT2D eigenvalue weighted by Crippen LogP contribution is 2.27. The first kappa shape index (κ1) is 17.0. The molecule has 0 saturated heterocycles. The van der Waals surface area contributed by atoms with Crippen LogP contribution in [-0.4, -0.2) is 23.5 Å². The molecule has 0 fully saturated rings. The van der Waals surface area contributed by atoms with Crippen LogP contribution in [0.4, 0.5) is 10.8 Å². The van der Waals surface area contributed by atoms with E-state index in [4.69, 9.17) is 0 Å². The molecule has 25 heavy (non-hydrogen) atoms. The maximum Gasteiger partial charge on any atom is 0.289 e. The lowest BCUT2D eigenvalue weighted by molar-refractivity contribution is -0.387. The van der Waals surface area contributed by atoms with E-state index in [1.54, 1.807) is 0 Å². The zero-order valence-electron chi connectivity index (χ0n) is 12.7. The summed E-state index contributed by atoms with van der Waals surface area (Å²) >= 11 is 1.08. The number of aromatic nitrogens is 2. The van der Waals surface area contributed by atoms with E-state index in [9.17, 15) is 18.5 Å². The predicted molar refractivity (Wildman–Crippen MR) is 93.1 cm³/mol. The molecule has 3 rings (SSSR count). The minimum atomic E-state index is -4.13. The largest absolute Gasteiger partial charge is 0.289 e. The molecule has 0 spiro atoms. The molecule has 1 N–H and O–H groups in total. The van der Waals surface area contributed by atoms with Crippen LogP contribution in [0.15, 0.2) is 59.5 Å². The molecular formula is C15H12N4O4S2. The van der Waals surface area contributed by atoms with Crippen molar-refractivity contribution in [3.63, 3.8) is 0 Å². The summed E-state index contributed by atoms with van der Waals surface area (Å²) in [7, 11) is -4.13. The van der Waals surface area contributed by atoms with Gasteiger partial charge in [0, 0.05) is 12.5 Å². The van der Waals surface area contributed by atoms with Gasteiger partial charge in [-0.25, -0.2) is 8.42 Å². The number of benzene rings is 2. The third kappa shape index (κ3) is 3.98. The van der Waals surface area contributed by atoms with Crippen molar-refractivity contribution in [3.05, 3.63) is 75.3 Å². The third-order valence-electron chi connectivity index (χ3n) is 3.24. The van der Waals surface area contributed by atoms with Gasteiger partial charge in [-0.15, -0.1) is 10.2 Å². The molecule has 10 heteroatoms. The standard InChI is InChI=1S/C15H12N4O4S2/c20-19(21)12-8-4-5-9-13(12)25(22,23)18-15-17-16-14(24-15)10-11-6-2-1-3-7-11/h1-9H,10H2,(H,17,18). The molecule has 0 radical (unpaired) electrons. The number of rotatable bonds is 6. The van der Waals surface area contributed by atoms with Crippen molar-refractivity contribution in [1.82, 2.24) is 10.2 Å². The number of anilines is 1. The van der Waals surface area contributed by atoms with E-state index in [-0.39, 0.29) is 5.13 Å². The first-order valence-electron chi connectivity index (χ1n) is 7.08. The van der Waals surface area contributed by atoms with Gasteiger partial charge in [0.05, 0.1) is 4.92 Å². The van der Waals surface area contributed by atoms with Crippen LogP contribution in [0.25, 0.3) is 0 Å². The Morgan fingerprint density at radius 3 is 2.44 bits per heavy atom. The highest BCUT2D eigenvalue weighted by molar-refractivity contribution is 7.93. The summed E-state index contributed by atoms with van der Waals surface area (Å²) in [6.45, 7) is 0. The Bertz CT molecular complexity index is 1000. The smallest absolute Gasteiger partial charge is 0.258 e. The van der Waals surface area contributed by atoms with Gasteiger partial charge in [-0.3, -0.25) is 14.8 Å². The maximum absolute atomic E-state index is 12.4. The van der Waals surface area contributed by atoms with Gasteiger partial charge >= 0.3 is 0 Å². The minimum absolute atomic E-state index is 0.0593. The first-order chi connectivity index (χ1) is 12.0. The Balaban J connectivity index is 1.82. The fourth-order valence-electron chi connectivity index (χ4n) is 2.14. The zero-order chi connectivity index (χ0) is 17.9. The van der Waals surface area contributed by atoms with Crippen LogP contribution in [0.5, 0.6) is 0 Å². The highest BCUT2D eigenvalue weighted by Gasteiger charge is 2.26. The summed E-state index contributed by atoms with van der Waals surface area (Å²) in [5.74, 6) is 0. The monoisotopic (exact) mass is 376 g/mol. The molecule has 0 aliphatic heterocycles. The zero-order valence-corrected chi connectivity index (χ0v) is 14.3. The lowest BCUT2D eigenvalue weighted by atomic mass is 10.2. The van der Waals surface area contributed by atoms with Crippen LogP contribution in [0, 0.1) is 10.1 Å². The summed E-state index contributed by atoms with van der Waals surface area (Å²) in [4.78, 5) is 9.86. The topological polar surface area (TPSA) is 115 Å². The summed E-state index contributed by atoms with van der Waals surface area (Å²) in [5.41, 5.74) is 0.524. The van der Waals surface area contributed by atoms with E-state index in [1.165, 1.54) is 18.2 Å². The van der Waals surface area contributed by atoms with Crippen LogP contribution < -0.4 is 4.72 Å². The van der Waals surface area contributed by atoms with Crippen LogP contribution in [0.1, 0.15) is 10.6 Å². The Morgan fingerprint density at radius 1 is 1.04 bits per heavy atom. The highest BCUT2D eigenvalue weighted by atomic mass is 32.2. The van der Waals surface area contributed by atoms with E-state index in [1.807, 2.05) is 30.3 Å². The van der Waals surface area contributed by atoms with Gasteiger partial charge in [0.2, 0.25) is 5.13 Å². The molecule has 1 aromatic heterocycles. The van der Waals surface area contributed by atoms with Crippen molar-refractivity contribution in [3.8, 4) is 0 Å². The van der Waals surface area contributed by atoms with Crippen LogP contribution in [0.2, 0.25) is 0 Å². The van der Waals surface area contributed by atoms with Gasteiger partial charge < -0.3 is 0 Å². The molecule has 0 aliphatic rings. The number of hydrogen-bond donors (Lipinski definition) is 1. The molecule has 0 bridgehead atoms. The van der Waals surface area contributed by atoms with Gasteiger partial charge in [-0.2, -0.15) is 0 Å². The van der Waals surface area contributed by atoms with E-state index >= 15 is 0 Å². The molecule has 0 unspecified atom stereocenters. The van der Waals surface area contributed by atoms with Crippen molar-refractivity contribution in [1.29, 1.82) is 0 Å². The van der Waals surface area contributed by atoms with Crippen LogP contribution in [-0.2, 0) is 16.4 Å². The van der Waals surface area contributed by atoms with E-state index in [0.717, 1.165) is 23.0 Å². The second-order valence-corrected chi connectivity index (χ2v) is 7.71. The molecule has 0 saturated carbocycles. The van der Waals surface area contributed by atoms with Gasteiger partial charge in [0.15, 0.2) is 4.90 Å². The van der Waals surface area contributed by atoms with Crippen molar-refractivity contribution < 1.29 is 13.3 Å². The minimum Gasteiger partial charge on any atom is -0.258 e. The summed E-state index contributed by atoms with van der Waals surface area (Å²) in [6, 6.07) is 14.7. The van der Waals surface area contributed by atoms with Gasteiger partial charge in [0.25, 0.3) is 15.7 Å². The Hall–Kier alpha value is -2.85. The number of sulfonamides is 1. The normalized spacial score (nSPS) is 11.2. The average molecular weight is 376 g/mol. The number of para-hydroxylation sites is 1. The van der Waals surface area contributed by atoms with E-state index in [2.05, 4.69) is 14.9 Å². The Kier molecular flexibility index (Phi) is 4.72. The van der Waals surface area contributed by atoms with Crippen molar-refractivity contribution >= 4 is 32.2 Å². The molecule has 3 aromatic rings. The van der Waals surface area contributed by atoms with Gasteiger partial charge in [-0.1, -0.05) is 53.8 Å². The Morgan fingerprint density at radius 2 is 1.72 bits per heavy atom. The summed E-state index contributed by atoms with van der Waals surface area (Å²) < 4.78 is 27.1. The Labute approximate surface area is 147 Å². The van der Waals surface area contributed by atoms with Crippen molar-refractivity contribution in [2.75, 3.05) is 4.72 Å². The molecule has 2 aromatic carbocycles. The fraction of sp³-hybridized carbons (Fsp3) is 0.0667. The molecular weight excluding hydrogens is 364 g/mol. The van der Waals surface area contributed by atoms with Crippen LogP contribution >= 0.6 is 11.3 Å².